The smallest absolute Gasteiger partial charge is 0.156 e. The fourth-order valence-electron chi connectivity index (χ4n) is 2.42. The molecule has 0 amide bonds. The first kappa shape index (κ1) is 22.2. The number of aryl methyl sites for hydroxylation is 1. The van der Waals surface area contributed by atoms with Crippen LogP contribution in [0.1, 0.15) is 31.4 Å². The summed E-state index contributed by atoms with van der Waals surface area (Å²) in [5.74, 6) is 0.799. The van der Waals surface area contributed by atoms with Crippen molar-refractivity contribution in [1.82, 2.24) is 5.32 Å². The van der Waals surface area contributed by atoms with Crippen molar-refractivity contribution in [1.29, 1.82) is 0 Å². The Morgan fingerprint density at radius 2 is 2.04 bits per heavy atom. The highest BCUT2D eigenvalue weighted by atomic mass is 35.5. The molecule has 0 radical (unpaired) electrons. The summed E-state index contributed by atoms with van der Waals surface area (Å²) in [4.78, 5) is 16.6. The van der Waals surface area contributed by atoms with E-state index in [9.17, 15) is 4.79 Å². The first-order chi connectivity index (χ1) is 12.5. The number of nitrogens with one attached hydrogen (secondary N) is 1. The molecule has 0 saturated heterocycles. The molecule has 26 heavy (non-hydrogen) atoms. The summed E-state index contributed by atoms with van der Waals surface area (Å²) in [5, 5.41) is 4.61. The van der Waals surface area contributed by atoms with Crippen LogP contribution in [0.4, 0.5) is 0 Å². The number of carbonyl (C=O) groups is 1. The summed E-state index contributed by atoms with van der Waals surface area (Å²) in [6.45, 7) is 6.11. The Hall–Kier alpha value is -1.82. The van der Waals surface area contributed by atoms with Gasteiger partial charge in [-0.05, 0) is 68.3 Å². The van der Waals surface area contributed by atoms with Crippen LogP contribution in [-0.2, 0) is 4.79 Å². The average Bonchev–Trinajstić information content (AvgIpc) is 3.04. The number of carbonyl (C=O) groups excluding carboxylic acids is 1. The van der Waals surface area contributed by atoms with Gasteiger partial charge in [-0.25, -0.2) is 4.99 Å². The largest absolute Gasteiger partial charge is 0.373 e. The van der Waals surface area contributed by atoms with Crippen molar-refractivity contribution in [2.24, 2.45) is 10.7 Å². The molecule has 0 spiro atoms. The monoisotopic (exact) mass is 391 g/mol. The van der Waals surface area contributed by atoms with E-state index in [4.69, 9.17) is 11.6 Å². The van der Waals surface area contributed by atoms with Crippen LogP contribution in [0.5, 0.6) is 0 Å². The number of hydrogen-bond acceptors (Lipinski definition) is 5. The SMILES string of the molecule is CCC=C(/N=C1/SC(C=O)=C/C1=C(/C)c1cc(C)cc(Cl)c1)NC.CN. The predicted molar refractivity (Wildman–Crippen MR) is 116 cm³/mol. The van der Waals surface area contributed by atoms with E-state index in [1.54, 1.807) is 0 Å². The number of hydrogen-bond donors (Lipinski definition) is 2. The molecule has 1 aromatic rings. The molecule has 4 nitrogen and oxygen atoms in total. The standard InChI is InChI=1S/C19H21ClN2OS.CH5N/c1-5-6-18(21-4)22-19-17(10-16(11-23)24-19)13(3)14-7-12(2)8-15(20)9-14;1-2/h6-11,21H,5H2,1-4H3;2H2,1H3/b17-13+,18-6?,22-19+;. The molecule has 0 aromatic heterocycles. The highest BCUT2D eigenvalue weighted by molar-refractivity contribution is 8.18. The van der Waals surface area contributed by atoms with E-state index in [1.807, 2.05) is 45.2 Å². The Balaban J connectivity index is 0.00000163. The summed E-state index contributed by atoms with van der Waals surface area (Å²) < 4.78 is 0. The molecule has 3 N–H and O–H groups in total. The van der Waals surface area contributed by atoms with Crippen molar-refractivity contribution in [3.63, 3.8) is 0 Å². The van der Waals surface area contributed by atoms with Gasteiger partial charge >= 0.3 is 0 Å². The van der Waals surface area contributed by atoms with Gasteiger partial charge in [0.1, 0.15) is 10.9 Å². The van der Waals surface area contributed by atoms with Gasteiger partial charge in [0, 0.05) is 17.6 Å². The van der Waals surface area contributed by atoms with Crippen LogP contribution in [0.25, 0.3) is 5.57 Å². The van der Waals surface area contributed by atoms with E-state index < -0.39 is 0 Å². The van der Waals surface area contributed by atoms with Gasteiger partial charge < -0.3 is 11.1 Å². The van der Waals surface area contributed by atoms with Crippen molar-refractivity contribution in [3.05, 3.63) is 62.8 Å². The molecule has 0 fully saturated rings. The zero-order valence-electron chi connectivity index (χ0n) is 15.9. The molecule has 1 heterocycles. The zero-order chi connectivity index (χ0) is 19.7. The van der Waals surface area contributed by atoms with Crippen LogP contribution in [-0.4, -0.2) is 25.4 Å². The Morgan fingerprint density at radius 1 is 1.35 bits per heavy atom. The average molecular weight is 392 g/mol. The molecular weight excluding hydrogens is 366 g/mol. The molecule has 1 aliphatic rings. The minimum Gasteiger partial charge on any atom is -0.373 e. The third-order valence-corrected chi connectivity index (χ3v) is 4.77. The maximum absolute atomic E-state index is 11.2. The van der Waals surface area contributed by atoms with Crippen molar-refractivity contribution < 1.29 is 4.79 Å². The quantitative estimate of drug-likeness (QED) is 0.714. The summed E-state index contributed by atoms with van der Waals surface area (Å²) in [6.07, 6.45) is 5.66. The van der Waals surface area contributed by atoms with E-state index in [0.29, 0.717) is 9.93 Å². The molecule has 140 valence electrons. The Kier molecular flexibility index (Phi) is 9.41. The summed E-state index contributed by atoms with van der Waals surface area (Å²) in [5.41, 5.74) is 8.65. The van der Waals surface area contributed by atoms with Crippen LogP contribution in [0.2, 0.25) is 5.02 Å². The lowest BCUT2D eigenvalue weighted by Crippen LogP contribution is -2.06. The highest BCUT2D eigenvalue weighted by Gasteiger charge is 2.21. The van der Waals surface area contributed by atoms with Crippen molar-refractivity contribution in [2.75, 3.05) is 14.1 Å². The van der Waals surface area contributed by atoms with Gasteiger partial charge in [-0.15, -0.1) is 0 Å². The third kappa shape index (κ3) is 5.87. The number of rotatable bonds is 5. The zero-order valence-corrected chi connectivity index (χ0v) is 17.5. The number of allylic oxidation sites excluding steroid dienone is 4. The second-order valence-electron chi connectivity index (χ2n) is 5.49. The van der Waals surface area contributed by atoms with Crippen LogP contribution in [0.3, 0.4) is 0 Å². The fourth-order valence-corrected chi connectivity index (χ4v) is 3.63. The lowest BCUT2D eigenvalue weighted by Gasteiger charge is -2.09. The molecule has 0 bridgehead atoms. The van der Waals surface area contributed by atoms with E-state index in [1.165, 1.54) is 18.8 Å². The molecule has 1 aromatic carbocycles. The summed E-state index contributed by atoms with van der Waals surface area (Å²) >= 11 is 7.58. The van der Waals surface area contributed by atoms with Crippen molar-refractivity contribution in [2.45, 2.75) is 27.2 Å². The van der Waals surface area contributed by atoms with Gasteiger partial charge in [-0.3, -0.25) is 4.79 Å². The van der Waals surface area contributed by atoms with Gasteiger partial charge in [-0.2, -0.15) is 0 Å². The molecule has 0 unspecified atom stereocenters. The van der Waals surface area contributed by atoms with E-state index in [2.05, 4.69) is 29.0 Å². The Bertz CT molecular complexity index is 759. The van der Waals surface area contributed by atoms with Gasteiger partial charge in [0.05, 0.1) is 4.91 Å². The predicted octanol–water partition coefficient (Wildman–Crippen LogP) is 4.70. The van der Waals surface area contributed by atoms with Crippen LogP contribution in [0.15, 0.2) is 51.6 Å². The highest BCUT2D eigenvalue weighted by Crippen LogP contribution is 2.36. The molecular formula is C20H26ClN3OS. The van der Waals surface area contributed by atoms with Crippen LogP contribution < -0.4 is 11.1 Å². The molecule has 6 heteroatoms. The molecule has 0 saturated carbocycles. The summed E-state index contributed by atoms with van der Waals surface area (Å²) in [6, 6.07) is 5.95. The lowest BCUT2D eigenvalue weighted by molar-refractivity contribution is -0.104. The van der Waals surface area contributed by atoms with Gasteiger partial charge in [0.15, 0.2) is 6.29 Å². The second kappa shape index (κ2) is 11.0. The van der Waals surface area contributed by atoms with Crippen LogP contribution in [0, 0.1) is 6.92 Å². The van der Waals surface area contributed by atoms with Gasteiger partial charge in [0.25, 0.3) is 0 Å². The van der Waals surface area contributed by atoms with Gasteiger partial charge in [0.2, 0.25) is 0 Å². The molecule has 0 atom stereocenters. The van der Waals surface area contributed by atoms with Crippen molar-refractivity contribution in [3.8, 4) is 0 Å². The topological polar surface area (TPSA) is 67.5 Å². The molecule has 0 aliphatic carbocycles. The fraction of sp³-hybridized carbons (Fsp3) is 0.300. The maximum Gasteiger partial charge on any atom is 0.156 e. The van der Waals surface area contributed by atoms with E-state index >= 15 is 0 Å². The number of aldehydes is 1. The minimum atomic E-state index is 0.661. The summed E-state index contributed by atoms with van der Waals surface area (Å²) in [7, 11) is 3.34. The van der Waals surface area contributed by atoms with E-state index in [0.717, 1.165) is 45.8 Å². The van der Waals surface area contributed by atoms with Gasteiger partial charge in [-0.1, -0.05) is 36.4 Å². The second-order valence-corrected chi connectivity index (χ2v) is 6.99. The third-order valence-electron chi connectivity index (χ3n) is 3.60. The number of benzene rings is 1. The molecule has 1 aliphatic heterocycles. The Labute approximate surface area is 165 Å². The number of aliphatic imine (C=N–C) groups is 1. The number of thioether (sulfide) groups is 1. The minimum absolute atomic E-state index is 0.661. The normalized spacial score (nSPS) is 17.4. The van der Waals surface area contributed by atoms with Crippen molar-refractivity contribution >= 4 is 40.3 Å². The number of halogens is 1. The first-order valence-corrected chi connectivity index (χ1v) is 9.55. The molecule has 2 rings (SSSR count). The Morgan fingerprint density at radius 3 is 2.58 bits per heavy atom. The lowest BCUT2D eigenvalue weighted by atomic mass is 10.00. The van der Waals surface area contributed by atoms with E-state index in [-0.39, 0.29) is 0 Å². The first-order valence-electron chi connectivity index (χ1n) is 8.36. The van der Waals surface area contributed by atoms with Crippen LogP contribution >= 0.6 is 23.4 Å². The maximum atomic E-state index is 11.2. The number of nitrogens with two attached hydrogens (primary N) is 1. The number of nitrogens with zero attached hydrogens (tertiary/aromatic N) is 1.